The fourth-order valence-corrected chi connectivity index (χ4v) is 6.12. The molecule has 2 nitrogen and oxygen atoms in total. The van der Waals surface area contributed by atoms with E-state index in [-0.39, 0.29) is 0 Å². The van der Waals surface area contributed by atoms with Gasteiger partial charge in [-0.3, -0.25) is 4.03 Å². The molecule has 0 bridgehead atoms. The Kier molecular flexibility index (Phi) is 3.38. The van der Waals surface area contributed by atoms with Crippen LogP contribution in [0.1, 0.15) is 6.92 Å². The zero-order chi connectivity index (χ0) is 8.41. The smallest absolute Gasteiger partial charge is 0.186 e. The first kappa shape index (κ1) is 10.5. The Labute approximate surface area is 68.7 Å². The summed E-state index contributed by atoms with van der Waals surface area (Å²) < 4.78 is 15.3. The maximum atomic E-state index is 11.2. The van der Waals surface area contributed by atoms with Crippen molar-refractivity contribution in [1.82, 2.24) is 0 Å². The molecule has 0 aromatic carbocycles. The highest BCUT2D eigenvalue weighted by atomic mass is 35.7. The van der Waals surface area contributed by atoms with Crippen molar-refractivity contribution in [2.45, 2.75) is 26.6 Å². The van der Waals surface area contributed by atoms with Gasteiger partial charge in [-0.15, -0.1) is 0 Å². The van der Waals surface area contributed by atoms with Crippen LogP contribution in [0.4, 0.5) is 0 Å². The first-order valence-corrected chi connectivity index (χ1v) is 9.18. The van der Waals surface area contributed by atoms with E-state index in [1.54, 1.807) is 6.92 Å². The van der Waals surface area contributed by atoms with E-state index in [9.17, 15) is 4.21 Å². The van der Waals surface area contributed by atoms with E-state index in [0.29, 0.717) is 5.75 Å². The van der Waals surface area contributed by atoms with Crippen molar-refractivity contribution in [3.63, 3.8) is 0 Å². The summed E-state index contributed by atoms with van der Waals surface area (Å²) in [4.78, 5) is 0. The van der Waals surface area contributed by atoms with Crippen LogP contribution in [-0.4, -0.2) is 18.2 Å². The molecule has 0 aromatic rings. The summed E-state index contributed by atoms with van der Waals surface area (Å²) in [5.41, 5.74) is 0. The predicted molar refractivity (Wildman–Crippen MR) is 50.3 cm³/mol. The molecule has 10 heavy (non-hydrogen) atoms. The minimum atomic E-state index is -2.37. The first-order valence-electron chi connectivity index (χ1n) is 3.22. The number of hydrogen-bond acceptors (Lipinski definition) is 2. The molecule has 0 amide bonds. The molecule has 0 rings (SSSR count). The average Bonchev–Trinajstić information content (AvgIpc) is 1.60. The summed E-state index contributed by atoms with van der Waals surface area (Å²) in [6, 6.07) is 0. The molecular formula is C5H14ClNOSSi. The summed E-state index contributed by atoms with van der Waals surface area (Å²) in [6.45, 7) is 7.85. The SMILES string of the molecule is CCS(=O)(Cl)=N[Si](C)(C)C. The Bertz CT molecular complexity index is 214. The summed E-state index contributed by atoms with van der Waals surface area (Å²) >= 11 is 0. The average molecular weight is 200 g/mol. The predicted octanol–water partition coefficient (Wildman–Crippen LogP) is 2.46. The highest BCUT2D eigenvalue weighted by Crippen LogP contribution is 2.11. The molecule has 62 valence electrons. The molecule has 0 heterocycles. The van der Waals surface area contributed by atoms with Gasteiger partial charge in [0.15, 0.2) is 8.24 Å². The normalized spacial score (nSPS) is 18.1. The molecule has 0 saturated heterocycles. The van der Waals surface area contributed by atoms with Gasteiger partial charge in [-0.2, -0.15) is 0 Å². The number of halogens is 1. The van der Waals surface area contributed by atoms with Gasteiger partial charge in [-0.1, -0.05) is 6.92 Å². The van der Waals surface area contributed by atoms with Crippen LogP contribution >= 0.6 is 10.7 Å². The zero-order valence-corrected chi connectivity index (χ0v) is 9.42. The summed E-state index contributed by atoms with van der Waals surface area (Å²) in [7, 11) is 1.64. The third-order valence-corrected chi connectivity index (χ3v) is 6.04. The largest absolute Gasteiger partial charge is 0.266 e. The van der Waals surface area contributed by atoms with E-state index in [1.807, 2.05) is 19.6 Å². The van der Waals surface area contributed by atoms with Crippen LogP contribution in [0.25, 0.3) is 0 Å². The lowest BCUT2D eigenvalue weighted by atomic mass is 11.0. The maximum Gasteiger partial charge on any atom is 0.186 e. The van der Waals surface area contributed by atoms with Crippen LogP contribution in [0, 0.1) is 0 Å². The number of nitrogens with zero attached hydrogens (tertiary/aromatic N) is 1. The van der Waals surface area contributed by atoms with Crippen LogP contribution in [0.2, 0.25) is 19.6 Å². The minimum absolute atomic E-state index is 0.443. The Morgan fingerprint density at radius 2 is 1.90 bits per heavy atom. The first-order chi connectivity index (χ1) is 4.27. The van der Waals surface area contributed by atoms with Gasteiger partial charge in [0.1, 0.15) is 8.94 Å². The van der Waals surface area contributed by atoms with Gasteiger partial charge in [0.05, 0.1) is 0 Å². The zero-order valence-electron chi connectivity index (χ0n) is 6.85. The van der Waals surface area contributed by atoms with Gasteiger partial charge in [-0.05, 0) is 30.3 Å². The van der Waals surface area contributed by atoms with Crippen LogP contribution in [0.5, 0.6) is 0 Å². The van der Waals surface area contributed by atoms with E-state index >= 15 is 0 Å². The molecule has 1 atom stereocenters. The second kappa shape index (κ2) is 3.24. The molecule has 0 spiro atoms. The van der Waals surface area contributed by atoms with Gasteiger partial charge in [0.25, 0.3) is 0 Å². The van der Waals surface area contributed by atoms with Crippen molar-refractivity contribution in [2.75, 3.05) is 5.75 Å². The lowest BCUT2D eigenvalue weighted by Gasteiger charge is -2.09. The fraction of sp³-hybridized carbons (Fsp3) is 1.00. The van der Waals surface area contributed by atoms with E-state index in [4.69, 9.17) is 10.7 Å². The van der Waals surface area contributed by atoms with Crippen LogP contribution in [0.3, 0.4) is 0 Å². The Hall–Kier alpha value is 0.457. The Balaban J connectivity index is 4.62. The van der Waals surface area contributed by atoms with Crippen LogP contribution in [-0.2, 0) is 8.94 Å². The molecular weight excluding hydrogens is 186 g/mol. The Morgan fingerprint density at radius 3 is 2.00 bits per heavy atom. The van der Waals surface area contributed by atoms with Crippen molar-refractivity contribution in [2.24, 2.45) is 4.03 Å². The van der Waals surface area contributed by atoms with Crippen LogP contribution in [0.15, 0.2) is 4.03 Å². The second-order valence-corrected chi connectivity index (χ2v) is 11.3. The molecule has 0 fully saturated rings. The van der Waals surface area contributed by atoms with Gasteiger partial charge >= 0.3 is 0 Å². The molecule has 0 aromatic heterocycles. The molecule has 5 heteroatoms. The molecule has 0 N–H and O–H groups in total. The van der Waals surface area contributed by atoms with Crippen LogP contribution < -0.4 is 0 Å². The highest BCUT2D eigenvalue weighted by Gasteiger charge is 2.14. The third kappa shape index (κ3) is 5.26. The van der Waals surface area contributed by atoms with Gasteiger partial charge in [0, 0.05) is 5.75 Å². The second-order valence-electron chi connectivity index (χ2n) is 3.11. The topological polar surface area (TPSA) is 29.4 Å². The molecule has 0 saturated carbocycles. The lowest BCUT2D eigenvalue weighted by Crippen LogP contribution is -2.18. The highest BCUT2D eigenvalue weighted by molar-refractivity contribution is 8.16. The quantitative estimate of drug-likeness (QED) is 0.497. The molecule has 0 aliphatic rings. The lowest BCUT2D eigenvalue weighted by molar-refractivity contribution is 0.687. The molecule has 1 unspecified atom stereocenters. The van der Waals surface area contributed by atoms with E-state index < -0.39 is 17.2 Å². The van der Waals surface area contributed by atoms with Gasteiger partial charge in [0.2, 0.25) is 0 Å². The number of hydrogen-bond donors (Lipinski definition) is 0. The van der Waals surface area contributed by atoms with E-state index in [1.165, 1.54) is 0 Å². The summed E-state index contributed by atoms with van der Waals surface area (Å²) in [6.07, 6.45) is 0. The molecule has 0 aliphatic heterocycles. The van der Waals surface area contributed by atoms with E-state index in [0.717, 1.165) is 0 Å². The fourth-order valence-electron chi connectivity index (χ4n) is 0.474. The number of rotatable bonds is 2. The van der Waals surface area contributed by atoms with Crippen molar-refractivity contribution < 1.29 is 4.21 Å². The molecule has 0 aliphatic carbocycles. The van der Waals surface area contributed by atoms with E-state index in [2.05, 4.69) is 4.03 Å². The maximum absolute atomic E-state index is 11.2. The van der Waals surface area contributed by atoms with Crippen molar-refractivity contribution in [3.8, 4) is 0 Å². The minimum Gasteiger partial charge on any atom is -0.266 e. The van der Waals surface area contributed by atoms with Crippen molar-refractivity contribution in [3.05, 3.63) is 0 Å². The summed E-state index contributed by atoms with van der Waals surface area (Å²) in [5, 5.41) is 0. The van der Waals surface area contributed by atoms with Crippen molar-refractivity contribution >= 4 is 27.9 Å². The van der Waals surface area contributed by atoms with Gasteiger partial charge < -0.3 is 0 Å². The summed E-state index contributed by atoms with van der Waals surface area (Å²) in [5.74, 6) is 0.443. The monoisotopic (exact) mass is 199 g/mol. The standard InChI is InChI=1S/C5H14ClNOSSi/c1-5-9(6,8)7-10(2,3)4/h5H2,1-4H3. The third-order valence-electron chi connectivity index (χ3n) is 0.766. The Morgan fingerprint density at radius 1 is 1.50 bits per heavy atom. The van der Waals surface area contributed by atoms with Crippen molar-refractivity contribution in [1.29, 1.82) is 0 Å². The molecule has 0 radical (unpaired) electrons. The van der Waals surface area contributed by atoms with Gasteiger partial charge in [-0.25, -0.2) is 4.21 Å².